The molecule has 0 spiro atoms. The van der Waals surface area contributed by atoms with Crippen LogP contribution in [-0.4, -0.2) is 4.98 Å². The van der Waals surface area contributed by atoms with Gasteiger partial charge in [-0.15, -0.1) is 11.3 Å². The van der Waals surface area contributed by atoms with Crippen LogP contribution in [0.3, 0.4) is 0 Å². The van der Waals surface area contributed by atoms with Crippen LogP contribution in [0.1, 0.15) is 24.3 Å². The maximum absolute atomic E-state index is 4.37. The molecule has 0 N–H and O–H groups in total. The highest BCUT2D eigenvalue weighted by molar-refractivity contribution is 9.11. The van der Waals surface area contributed by atoms with E-state index in [1.165, 1.54) is 23.1 Å². The van der Waals surface area contributed by atoms with Crippen molar-refractivity contribution in [2.45, 2.75) is 18.8 Å². The largest absolute Gasteiger partial charge is 0.229 e. The molecule has 0 amide bonds. The lowest BCUT2D eigenvalue weighted by molar-refractivity contribution is 1.14. The summed E-state index contributed by atoms with van der Waals surface area (Å²) < 4.78 is 2.28. The minimum Gasteiger partial charge on any atom is -0.229 e. The maximum atomic E-state index is 4.37. The topological polar surface area (TPSA) is 12.9 Å². The summed E-state index contributed by atoms with van der Waals surface area (Å²) in [6.45, 7) is 0. The van der Waals surface area contributed by atoms with Crippen molar-refractivity contribution >= 4 is 37.5 Å². The molecule has 13 heavy (non-hydrogen) atoms. The number of thiazole rings is 1. The molecule has 0 atom stereocenters. The fourth-order valence-electron chi connectivity index (χ4n) is 1.58. The van der Waals surface area contributed by atoms with Crippen LogP contribution in [0.5, 0.6) is 0 Å². The number of hydrogen-bond acceptors (Lipinski definition) is 2. The Bertz CT molecular complexity index is 459. The third kappa shape index (κ3) is 1.40. The third-order valence-corrected chi connectivity index (χ3v) is 3.90. The van der Waals surface area contributed by atoms with Gasteiger partial charge >= 0.3 is 0 Å². The summed E-state index contributed by atoms with van der Waals surface area (Å²) in [6.07, 6.45) is 2.73. The first-order valence-corrected chi connectivity index (χ1v) is 6.00. The van der Waals surface area contributed by atoms with Crippen LogP contribution in [0.4, 0.5) is 0 Å². The van der Waals surface area contributed by atoms with Gasteiger partial charge in [-0.2, -0.15) is 0 Å². The molecule has 3 heteroatoms. The van der Waals surface area contributed by atoms with Gasteiger partial charge in [0.25, 0.3) is 0 Å². The molecule has 1 fully saturated rings. The van der Waals surface area contributed by atoms with Crippen molar-refractivity contribution in [1.29, 1.82) is 0 Å². The Labute approximate surface area is 88.9 Å². The molecule has 1 aliphatic rings. The molecule has 1 saturated carbocycles. The summed E-state index contributed by atoms with van der Waals surface area (Å²) in [6, 6.07) is 6.63. The maximum Gasteiger partial charge on any atom is 0.160 e. The molecule has 1 nitrogen and oxygen atoms in total. The van der Waals surface area contributed by atoms with Crippen LogP contribution in [0.2, 0.25) is 0 Å². The molecule has 3 rings (SSSR count). The Morgan fingerprint density at radius 2 is 2.23 bits per heavy atom. The predicted molar refractivity (Wildman–Crippen MR) is 59.3 cm³/mol. The van der Waals surface area contributed by atoms with Gasteiger partial charge in [0.15, 0.2) is 3.92 Å². The average Bonchev–Trinajstić information content (AvgIpc) is 2.87. The molecule has 1 aliphatic carbocycles. The molecule has 1 aromatic heterocycles. The Morgan fingerprint density at radius 3 is 3.00 bits per heavy atom. The molecule has 0 saturated heterocycles. The number of nitrogens with zero attached hydrogens (tertiary/aromatic N) is 1. The van der Waals surface area contributed by atoms with Crippen LogP contribution in [0.15, 0.2) is 22.1 Å². The van der Waals surface area contributed by atoms with Crippen LogP contribution < -0.4 is 0 Å². The summed E-state index contributed by atoms with van der Waals surface area (Å²) in [5.41, 5.74) is 2.60. The van der Waals surface area contributed by atoms with E-state index in [4.69, 9.17) is 0 Å². The first kappa shape index (κ1) is 7.94. The molecule has 0 unspecified atom stereocenters. The predicted octanol–water partition coefficient (Wildman–Crippen LogP) is 3.94. The fourth-order valence-corrected chi connectivity index (χ4v) is 3.04. The highest BCUT2D eigenvalue weighted by Crippen LogP contribution is 2.41. The average molecular weight is 254 g/mol. The van der Waals surface area contributed by atoms with Gasteiger partial charge in [0.2, 0.25) is 0 Å². The Kier molecular flexibility index (Phi) is 1.70. The second kappa shape index (κ2) is 2.79. The highest BCUT2D eigenvalue weighted by Gasteiger charge is 2.23. The molecule has 1 aromatic carbocycles. The molecule has 1 heterocycles. The van der Waals surface area contributed by atoms with E-state index in [-0.39, 0.29) is 0 Å². The molecule has 66 valence electrons. The summed E-state index contributed by atoms with van der Waals surface area (Å²) in [4.78, 5) is 4.37. The fraction of sp³-hybridized carbons (Fsp3) is 0.300. The summed E-state index contributed by atoms with van der Waals surface area (Å²) in [5, 5.41) is 0. The number of rotatable bonds is 1. The van der Waals surface area contributed by atoms with Gasteiger partial charge in [-0.1, -0.05) is 6.07 Å². The van der Waals surface area contributed by atoms with Crippen LogP contribution in [-0.2, 0) is 0 Å². The number of fused-ring (bicyclic) bond motifs is 1. The van der Waals surface area contributed by atoms with E-state index in [0.29, 0.717) is 0 Å². The number of hydrogen-bond donors (Lipinski definition) is 0. The van der Waals surface area contributed by atoms with Gasteiger partial charge in [-0.05, 0) is 52.4 Å². The smallest absolute Gasteiger partial charge is 0.160 e. The zero-order valence-corrected chi connectivity index (χ0v) is 9.36. The number of aromatic nitrogens is 1. The van der Waals surface area contributed by atoms with Gasteiger partial charge in [-0.25, -0.2) is 4.98 Å². The van der Waals surface area contributed by atoms with E-state index >= 15 is 0 Å². The highest BCUT2D eigenvalue weighted by atomic mass is 79.9. The van der Waals surface area contributed by atoms with Gasteiger partial charge in [0.1, 0.15) is 0 Å². The summed E-state index contributed by atoms with van der Waals surface area (Å²) >= 11 is 5.13. The van der Waals surface area contributed by atoms with Crippen LogP contribution >= 0.6 is 27.3 Å². The molecular weight excluding hydrogens is 246 g/mol. The molecule has 2 aromatic rings. The van der Waals surface area contributed by atoms with Crippen molar-refractivity contribution in [2.24, 2.45) is 0 Å². The Morgan fingerprint density at radius 1 is 1.38 bits per heavy atom. The van der Waals surface area contributed by atoms with Gasteiger partial charge in [0.05, 0.1) is 10.2 Å². The van der Waals surface area contributed by atoms with E-state index < -0.39 is 0 Å². The quantitative estimate of drug-likeness (QED) is 0.751. The standard InChI is InChI=1S/C10H8BrNS/c11-10-12-8-4-3-7(6-1-2-6)5-9(8)13-10/h3-6H,1-2H2. The van der Waals surface area contributed by atoms with Crippen molar-refractivity contribution in [1.82, 2.24) is 4.98 Å². The molecule has 0 aliphatic heterocycles. The van der Waals surface area contributed by atoms with Crippen LogP contribution in [0, 0.1) is 0 Å². The number of benzene rings is 1. The van der Waals surface area contributed by atoms with Crippen LogP contribution in [0.25, 0.3) is 10.2 Å². The first-order valence-electron chi connectivity index (χ1n) is 4.39. The van der Waals surface area contributed by atoms with Crippen molar-refractivity contribution in [2.75, 3.05) is 0 Å². The Balaban J connectivity index is 2.20. The van der Waals surface area contributed by atoms with E-state index in [1.54, 1.807) is 11.3 Å². The van der Waals surface area contributed by atoms with E-state index in [2.05, 4.69) is 39.1 Å². The lowest BCUT2D eigenvalue weighted by Crippen LogP contribution is -1.76. The minimum absolute atomic E-state index is 0.838. The zero-order valence-electron chi connectivity index (χ0n) is 6.96. The Hall–Kier alpha value is -0.410. The van der Waals surface area contributed by atoms with Crippen molar-refractivity contribution in [3.63, 3.8) is 0 Å². The van der Waals surface area contributed by atoms with E-state index in [0.717, 1.165) is 15.4 Å². The minimum atomic E-state index is 0.838. The first-order chi connectivity index (χ1) is 6.33. The zero-order chi connectivity index (χ0) is 8.84. The molecular formula is C10H8BrNS. The normalized spacial score (nSPS) is 16.7. The summed E-state index contributed by atoms with van der Waals surface area (Å²) in [7, 11) is 0. The second-order valence-electron chi connectivity index (χ2n) is 3.47. The summed E-state index contributed by atoms with van der Waals surface area (Å²) in [5.74, 6) is 0.838. The van der Waals surface area contributed by atoms with E-state index in [9.17, 15) is 0 Å². The SMILES string of the molecule is Brc1nc2ccc(C3CC3)cc2s1. The lowest BCUT2D eigenvalue weighted by Gasteiger charge is -1.95. The van der Waals surface area contributed by atoms with Gasteiger partial charge in [0, 0.05) is 0 Å². The lowest BCUT2D eigenvalue weighted by atomic mass is 10.1. The molecule has 0 bridgehead atoms. The second-order valence-corrected chi connectivity index (χ2v) is 5.77. The third-order valence-electron chi connectivity index (χ3n) is 2.44. The van der Waals surface area contributed by atoms with Crippen molar-refractivity contribution < 1.29 is 0 Å². The van der Waals surface area contributed by atoms with Gasteiger partial charge in [-0.3, -0.25) is 0 Å². The van der Waals surface area contributed by atoms with E-state index in [1.807, 2.05) is 0 Å². The monoisotopic (exact) mass is 253 g/mol. The van der Waals surface area contributed by atoms with Gasteiger partial charge < -0.3 is 0 Å². The molecule has 0 radical (unpaired) electrons. The number of halogens is 1. The van der Waals surface area contributed by atoms with Crippen molar-refractivity contribution in [3.05, 3.63) is 27.7 Å². The van der Waals surface area contributed by atoms with Crippen molar-refractivity contribution in [3.8, 4) is 0 Å².